The molecule has 3 aromatic rings. The van der Waals surface area contributed by atoms with Gasteiger partial charge in [0.1, 0.15) is 24.7 Å². The first-order valence-electron chi connectivity index (χ1n) is 11.5. The van der Waals surface area contributed by atoms with Crippen LogP contribution in [0.2, 0.25) is 0 Å². The van der Waals surface area contributed by atoms with E-state index >= 15 is 0 Å². The lowest BCUT2D eigenvalue weighted by Gasteiger charge is -2.36. The number of aliphatic hydroxyl groups is 1. The Morgan fingerprint density at radius 2 is 2.09 bits per heavy atom. The van der Waals surface area contributed by atoms with E-state index in [0.29, 0.717) is 79.7 Å². The van der Waals surface area contributed by atoms with Crippen molar-refractivity contribution in [2.75, 3.05) is 40.0 Å². The van der Waals surface area contributed by atoms with E-state index in [0.717, 1.165) is 0 Å². The summed E-state index contributed by atoms with van der Waals surface area (Å²) in [6, 6.07) is 4.56. The van der Waals surface area contributed by atoms with Crippen molar-refractivity contribution < 1.29 is 28.5 Å². The van der Waals surface area contributed by atoms with E-state index in [-0.39, 0.29) is 11.6 Å². The van der Waals surface area contributed by atoms with Crippen molar-refractivity contribution in [2.45, 2.75) is 25.0 Å². The van der Waals surface area contributed by atoms with Crippen molar-refractivity contribution in [1.29, 1.82) is 0 Å². The van der Waals surface area contributed by atoms with E-state index in [1.54, 1.807) is 18.2 Å². The Morgan fingerprint density at radius 3 is 2.89 bits per heavy atom. The summed E-state index contributed by atoms with van der Waals surface area (Å²) < 4.78 is 30.7. The van der Waals surface area contributed by atoms with Crippen molar-refractivity contribution in [2.24, 2.45) is 0 Å². The number of carbonyl (C=O) groups excluding carboxylic acids is 1. The molecule has 11 heteroatoms. The zero-order valence-corrected chi connectivity index (χ0v) is 19.2. The number of methoxy groups -OCH3 is 1. The Labute approximate surface area is 201 Å². The molecule has 5 heterocycles. The quantitative estimate of drug-likeness (QED) is 0.536. The second kappa shape index (κ2) is 9.96. The number of rotatable bonds is 6. The van der Waals surface area contributed by atoms with Gasteiger partial charge in [0, 0.05) is 37.3 Å². The zero-order valence-electron chi connectivity index (χ0n) is 19.2. The van der Waals surface area contributed by atoms with Crippen molar-refractivity contribution >= 4 is 16.9 Å². The molecule has 0 spiro atoms. The molecule has 0 bridgehead atoms. The lowest BCUT2D eigenvalue weighted by atomic mass is 10.0. The fraction of sp³-hybridized carbons (Fsp3) is 0.417. The van der Waals surface area contributed by atoms with Gasteiger partial charge in [0.25, 0.3) is 5.91 Å². The molecule has 1 fully saturated rings. The summed E-state index contributed by atoms with van der Waals surface area (Å²) in [4.78, 5) is 27.3. The van der Waals surface area contributed by atoms with E-state index in [2.05, 4.69) is 20.3 Å². The monoisotopic (exact) mass is 483 g/mol. The number of piperidine rings is 1. The third kappa shape index (κ3) is 4.96. The topological polar surface area (TPSA) is 119 Å². The summed E-state index contributed by atoms with van der Waals surface area (Å²) in [7, 11) is 1.51. The van der Waals surface area contributed by atoms with Gasteiger partial charge in [0.2, 0.25) is 5.88 Å². The second-order valence-electron chi connectivity index (χ2n) is 8.51. The van der Waals surface area contributed by atoms with Crippen LogP contribution in [-0.2, 0) is 6.42 Å². The number of pyridine rings is 3. The maximum Gasteiger partial charge on any atom is 0.270 e. The highest BCUT2D eigenvalue weighted by atomic mass is 19.1. The molecular weight excluding hydrogens is 457 g/mol. The predicted molar refractivity (Wildman–Crippen MR) is 123 cm³/mol. The molecule has 2 atom stereocenters. The Kier molecular flexibility index (Phi) is 6.60. The summed E-state index contributed by atoms with van der Waals surface area (Å²) in [5, 5.41) is 13.6. The van der Waals surface area contributed by atoms with E-state index < -0.39 is 18.0 Å². The number of hydrogen-bond donors (Lipinski definition) is 2. The molecule has 0 radical (unpaired) electrons. The molecule has 1 amide bonds. The number of fused-ring (bicyclic) bond motifs is 2. The average molecular weight is 484 g/mol. The standard InChI is InChI=1S/C24H26FN5O5/c1-33-22-3-2-17-23(29-22)14(15(25)11-26-17)4-6-30-7-5-16(19(31)13-30)28-24(32)18-10-20-21(12-27-18)35-9-8-34-20/h2-3,10-12,16,19,31H,4-9,13H2,1H3,(H,28,32)/t16-,19-/m0/s1. The predicted octanol–water partition coefficient (Wildman–Crippen LogP) is 1.35. The molecule has 0 unspecified atom stereocenters. The highest BCUT2D eigenvalue weighted by Gasteiger charge is 2.30. The van der Waals surface area contributed by atoms with Crippen molar-refractivity contribution in [3.63, 3.8) is 0 Å². The van der Waals surface area contributed by atoms with E-state index in [4.69, 9.17) is 14.2 Å². The van der Waals surface area contributed by atoms with Gasteiger partial charge in [0.15, 0.2) is 11.5 Å². The van der Waals surface area contributed by atoms with E-state index in [1.807, 2.05) is 4.90 Å². The summed E-state index contributed by atoms with van der Waals surface area (Å²) in [6.45, 7) is 2.37. The number of amides is 1. The number of likely N-dealkylation sites (tertiary alicyclic amines) is 1. The number of nitrogens with one attached hydrogen (secondary N) is 1. The molecule has 5 rings (SSSR count). The summed E-state index contributed by atoms with van der Waals surface area (Å²) >= 11 is 0. The number of aliphatic hydroxyl groups excluding tert-OH is 1. The van der Waals surface area contributed by atoms with E-state index in [9.17, 15) is 14.3 Å². The number of ether oxygens (including phenoxy) is 3. The minimum atomic E-state index is -0.776. The Hall–Kier alpha value is -3.57. The second-order valence-corrected chi connectivity index (χ2v) is 8.51. The van der Waals surface area contributed by atoms with Gasteiger partial charge in [-0.05, 0) is 18.9 Å². The van der Waals surface area contributed by atoms with Gasteiger partial charge in [-0.25, -0.2) is 14.4 Å². The molecule has 35 heavy (non-hydrogen) atoms. The number of β-amino-alcohol motifs (C(OH)–C–C–N with tert-alkyl or cyclic N) is 1. The average Bonchev–Trinajstić information content (AvgIpc) is 2.88. The number of carbonyl (C=O) groups is 1. The fourth-order valence-electron chi connectivity index (χ4n) is 4.38. The van der Waals surface area contributed by atoms with Crippen LogP contribution in [0.1, 0.15) is 22.5 Å². The van der Waals surface area contributed by atoms with Gasteiger partial charge in [0.05, 0.1) is 42.7 Å². The maximum atomic E-state index is 14.6. The van der Waals surface area contributed by atoms with E-state index in [1.165, 1.54) is 19.5 Å². The van der Waals surface area contributed by atoms with Crippen molar-refractivity contribution in [1.82, 2.24) is 25.2 Å². The molecule has 2 aliphatic heterocycles. The lowest BCUT2D eigenvalue weighted by Crippen LogP contribution is -2.54. The van der Waals surface area contributed by atoms with Gasteiger partial charge in [-0.1, -0.05) is 0 Å². The van der Waals surface area contributed by atoms with Crippen LogP contribution in [-0.4, -0.2) is 83.0 Å². The smallest absolute Gasteiger partial charge is 0.270 e. The van der Waals surface area contributed by atoms with Gasteiger partial charge < -0.3 is 29.5 Å². The minimum Gasteiger partial charge on any atom is -0.486 e. The number of hydrogen-bond acceptors (Lipinski definition) is 9. The maximum absolute atomic E-state index is 14.6. The first-order valence-corrected chi connectivity index (χ1v) is 11.5. The Morgan fingerprint density at radius 1 is 1.26 bits per heavy atom. The molecule has 2 N–H and O–H groups in total. The van der Waals surface area contributed by atoms with Crippen LogP contribution in [0.5, 0.6) is 17.4 Å². The zero-order chi connectivity index (χ0) is 24.4. The largest absolute Gasteiger partial charge is 0.486 e. The van der Waals surface area contributed by atoms with Gasteiger partial charge in [-0.15, -0.1) is 0 Å². The van der Waals surface area contributed by atoms with Crippen LogP contribution < -0.4 is 19.5 Å². The summed E-state index contributed by atoms with van der Waals surface area (Å²) in [6.07, 6.45) is 2.84. The number of nitrogens with zero attached hydrogens (tertiary/aromatic N) is 4. The Balaban J connectivity index is 1.19. The molecule has 0 aliphatic carbocycles. The van der Waals surface area contributed by atoms with Crippen LogP contribution in [0.15, 0.2) is 30.6 Å². The highest BCUT2D eigenvalue weighted by molar-refractivity contribution is 5.93. The molecule has 10 nitrogen and oxygen atoms in total. The number of aromatic nitrogens is 3. The SMILES string of the molecule is COc1ccc2ncc(F)c(CCN3CC[C@H](NC(=O)c4cc5c(cn4)OCCO5)[C@@H](O)C3)c2n1. The van der Waals surface area contributed by atoms with Gasteiger partial charge in [-0.2, -0.15) is 0 Å². The molecule has 184 valence electrons. The van der Waals surface area contributed by atoms with Gasteiger partial charge in [-0.3, -0.25) is 9.78 Å². The third-order valence-electron chi connectivity index (χ3n) is 6.27. The van der Waals surface area contributed by atoms with Crippen LogP contribution in [0.25, 0.3) is 11.0 Å². The molecule has 1 saturated heterocycles. The van der Waals surface area contributed by atoms with Crippen molar-refractivity contribution in [3.05, 3.63) is 47.7 Å². The summed E-state index contributed by atoms with van der Waals surface area (Å²) in [5.41, 5.74) is 1.73. The van der Waals surface area contributed by atoms with Crippen LogP contribution in [0.4, 0.5) is 4.39 Å². The first-order chi connectivity index (χ1) is 17.0. The van der Waals surface area contributed by atoms with Crippen LogP contribution in [0, 0.1) is 5.82 Å². The molecule has 0 aromatic carbocycles. The molecule has 2 aliphatic rings. The molecule has 0 saturated carbocycles. The Bertz CT molecular complexity index is 1240. The minimum absolute atomic E-state index is 0.201. The molecular formula is C24H26FN5O5. The normalized spacial score (nSPS) is 20.0. The molecule has 3 aromatic heterocycles. The highest BCUT2D eigenvalue weighted by Crippen LogP contribution is 2.29. The number of halogens is 1. The lowest BCUT2D eigenvalue weighted by molar-refractivity contribution is 0.0382. The van der Waals surface area contributed by atoms with Gasteiger partial charge >= 0.3 is 0 Å². The van der Waals surface area contributed by atoms with Crippen LogP contribution in [0.3, 0.4) is 0 Å². The fourth-order valence-corrected chi connectivity index (χ4v) is 4.38. The summed E-state index contributed by atoms with van der Waals surface area (Å²) in [5.74, 6) is 0.575. The third-order valence-corrected chi connectivity index (χ3v) is 6.27. The first kappa shape index (κ1) is 23.2. The van der Waals surface area contributed by atoms with Crippen LogP contribution >= 0.6 is 0 Å². The van der Waals surface area contributed by atoms with Crippen molar-refractivity contribution in [3.8, 4) is 17.4 Å².